The predicted molar refractivity (Wildman–Crippen MR) is 75.5 cm³/mol. The Hall–Kier alpha value is -0.870. The van der Waals surface area contributed by atoms with E-state index in [-0.39, 0.29) is 21.4 Å². The SMILES string of the molecule is CC1(CNC(=O)c2ccc(O)c(Cl)c2)CCCS1. The molecular formula is C13H16ClNO2S. The fourth-order valence-corrected chi connectivity index (χ4v) is 3.42. The highest BCUT2D eigenvalue weighted by Crippen LogP contribution is 2.37. The van der Waals surface area contributed by atoms with Gasteiger partial charge in [-0.05, 0) is 43.7 Å². The summed E-state index contributed by atoms with van der Waals surface area (Å²) in [6.07, 6.45) is 2.34. The number of benzene rings is 1. The number of aromatic hydroxyl groups is 1. The van der Waals surface area contributed by atoms with Crippen LogP contribution in [-0.4, -0.2) is 28.1 Å². The zero-order chi connectivity index (χ0) is 13.2. The third-order valence-electron chi connectivity index (χ3n) is 3.13. The van der Waals surface area contributed by atoms with E-state index in [0.717, 1.165) is 12.2 Å². The number of carbonyl (C=O) groups is 1. The second-order valence-electron chi connectivity index (χ2n) is 4.75. The summed E-state index contributed by atoms with van der Waals surface area (Å²) in [6.45, 7) is 2.84. The molecule has 1 atom stereocenters. The molecule has 1 aromatic rings. The molecule has 0 saturated carbocycles. The second kappa shape index (κ2) is 5.41. The molecule has 1 aliphatic rings. The third kappa shape index (κ3) is 3.12. The number of phenolic OH excluding ortho intramolecular Hbond substituents is 1. The summed E-state index contributed by atoms with van der Waals surface area (Å²) in [4.78, 5) is 11.9. The molecule has 1 heterocycles. The number of amides is 1. The molecule has 2 rings (SSSR count). The highest BCUT2D eigenvalue weighted by molar-refractivity contribution is 8.00. The van der Waals surface area contributed by atoms with Crippen molar-refractivity contribution in [3.8, 4) is 5.75 Å². The maximum absolute atomic E-state index is 11.9. The van der Waals surface area contributed by atoms with Gasteiger partial charge < -0.3 is 10.4 Å². The Morgan fingerprint density at radius 3 is 3.00 bits per heavy atom. The molecule has 0 radical (unpaired) electrons. The summed E-state index contributed by atoms with van der Waals surface area (Å²) in [5.74, 6) is 1.01. The monoisotopic (exact) mass is 285 g/mol. The van der Waals surface area contributed by atoms with Crippen molar-refractivity contribution < 1.29 is 9.90 Å². The lowest BCUT2D eigenvalue weighted by Crippen LogP contribution is -2.36. The van der Waals surface area contributed by atoms with Gasteiger partial charge in [-0.2, -0.15) is 11.8 Å². The molecule has 1 aromatic carbocycles. The van der Waals surface area contributed by atoms with E-state index in [4.69, 9.17) is 11.6 Å². The van der Waals surface area contributed by atoms with Crippen LogP contribution in [0.4, 0.5) is 0 Å². The molecule has 0 spiro atoms. The quantitative estimate of drug-likeness (QED) is 0.897. The van der Waals surface area contributed by atoms with Crippen molar-refractivity contribution in [2.24, 2.45) is 0 Å². The van der Waals surface area contributed by atoms with Crippen molar-refractivity contribution in [2.45, 2.75) is 24.5 Å². The van der Waals surface area contributed by atoms with E-state index in [1.165, 1.54) is 18.6 Å². The average molecular weight is 286 g/mol. The third-order valence-corrected chi connectivity index (χ3v) is 4.97. The molecule has 98 valence electrons. The number of rotatable bonds is 3. The molecule has 18 heavy (non-hydrogen) atoms. The van der Waals surface area contributed by atoms with Crippen LogP contribution >= 0.6 is 23.4 Å². The summed E-state index contributed by atoms with van der Waals surface area (Å²) in [5, 5.41) is 12.4. The van der Waals surface area contributed by atoms with Crippen molar-refractivity contribution >= 4 is 29.3 Å². The molecule has 0 aliphatic carbocycles. The smallest absolute Gasteiger partial charge is 0.251 e. The Kier molecular flexibility index (Phi) is 4.07. The number of halogens is 1. The van der Waals surface area contributed by atoms with Crippen molar-refractivity contribution in [3.05, 3.63) is 28.8 Å². The zero-order valence-corrected chi connectivity index (χ0v) is 11.8. The van der Waals surface area contributed by atoms with Crippen molar-refractivity contribution in [1.29, 1.82) is 0 Å². The van der Waals surface area contributed by atoms with Gasteiger partial charge in [0.25, 0.3) is 5.91 Å². The van der Waals surface area contributed by atoms with E-state index in [9.17, 15) is 9.90 Å². The Morgan fingerprint density at radius 1 is 1.61 bits per heavy atom. The maximum Gasteiger partial charge on any atom is 0.251 e. The molecule has 0 aromatic heterocycles. The molecule has 1 aliphatic heterocycles. The van der Waals surface area contributed by atoms with Gasteiger partial charge in [-0.15, -0.1) is 0 Å². The van der Waals surface area contributed by atoms with Crippen molar-refractivity contribution in [3.63, 3.8) is 0 Å². The summed E-state index contributed by atoms with van der Waals surface area (Å²) >= 11 is 7.69. The minimum atomic E-state index is -0.148. The normalized spacial score (nSPS) is 23.0. The van der Waals surface area contributed by atoms with E-state index in [1.807, 2.05) is 11.8 Å². The molecule has 3 nitrogen and oxygen atoms in total. The molecular weight excluding hydrogens is 270 g/mol. The van der Waals surface area contributed by atoms with Gasteiger partial charge in [0.2, 0.25) is 0 Å². The first-order chi connectivity index (χ1) is 8.50. The maximum atomic E-state index is 11.9. The number of nitrogens with one attached hydrogen (secondary N) is 1. The van der Waals surface area contributed by atoms with Gasteiger partial charge in [-0.1, -0.05) is 11.6 Å². The van der Waals surface area contributed by atoms with Crippen LogP contribution in [0.3, 0.4) is 0 Å². The Labute approximate surface area is 116 Å². The molecule has 1 amide bonds. The first-order valence-electron chi connectivity index (χ1n) is 5.91. The van der Waals surface area contributed by atoms with E-state index < -0.39 is 0 Å². The number of thioether (sulfide) groups is 1. The van der Waals surface area contributed by atoms with Crippen LogP contribution in [-0.2, 0) is 0 Å². The van der Waals surface area contributed by atoms with Crippen molar-refractivity contribution in [1.82, 2.24) is 5.32 Å². The second-order valence-corrected chi connectivity index (χ2v) is 6.84. The van der Waals surface area contributed by atoms with E-state index in [1.54, 1.807) is 6.07 Å². The summed E-state index contributed by atoms with van der Waals surface area (Å²) < 4.78 is 0.149. The van der Waals surface area contributed by atoms with Gasteiger partial charge in [0.05, 0.1) is 5.02 Å². The summed E-state index contributed by atoms with van der Waals surface area (Å²) in [7, 11) is 0. The standard InChI is InChI=1S/C13H16ClNO2S/c1-13(5-2-6-18-13)8-15-12(17)9-3-4-11(16)10(14)7-9/h3-4,7,16H,2,5-6,8H2,1H3,(H,15,17). The highest BCUT2D eigenvalue weighted by Gasteiger charge is 2.29. The van der Waals surface area contributed by atoms with E-state index >= 15 is 0 Å². The Balaban J connectivity index is 1.97. The lowest BCUT2D eigenvalue weighted by Gasteiger charge is -2.22. The van der Waals surface area contributed by atoms with Gasteiger partial charge in [0.1, 0.15) is 5.75 Å². The fourth-order valence-electron chi connectivity index (χ4n) is 1.99. The summed E-state index contributed by atoms with van der Waals surface area (Å²) in [6, 6.07) is 4.49. The van der Waals surface area contributed by atoms with Crippen LogP contribution in [0.1, 0.15) is 30.1 Å². The largest absolute Gasteiger partial charge is 0.506 e. The lowest BCUT2D eigenvalue weighted by molar-refractivity contribution is 0.0950. The van der Waals surface area contributed by atoms with Gasteiger partial charge in [-0.3, -0.25) is 4.79 Å². The number of hydrogen-bond donors (Lipinski definition) is 2. The van der Waals surface area contributed by atoms with Gasteiger partial charge in [-0.25, -0.2) is 0 Å². The lowest BCUT2D eigenvalue weighted by atomic mass is 10.1. The van der Waals surface area contributed by atoms with E-state index in [0.29, 0.717) is 12.1 Å². The van der Waals surface area contributed by atoms with Crippen LogP contribution in [0, 0.1) is 0 Å². The summed E-state index contributed by atoms with van der Waals surface area (Å²) in [5.41, 5.74) is 0.476. The van der Waals surface area contributed by atoms with Crippen LogP contribution in [0.2, 0.25) is 5.02 Å². The molecule has 1 unspecified atom stereocenters. The minimum absolute atomic E-state index is 0.00785. The Morgan fingerprint density at radius 2 is 2.39 bits per heavy atom. The van der Waals surface area contributed by atoms with E-state index in [2.05, 4.69) is 12.2 Å². The van der Waals surface area contributed by atoms with Crippen molar-refractivity contribution in [2.75, 3.05) is 12.3 Å². The average Bonchev–Trinajstić information content (AvgIpc) is 2.77. The minimum Gasteiger partial charge on any atom is -0.506 e. The zero-order valence-electron chi connectivity index (χ0n) is 10.2. The molecule has 0 bridgehead atoms. The topological polar surface area (TPSA) is 49.3 Å². The van der Waals surface area contributed by atoms with Crippen LogP contribution < -0.4 is 5.32 Å². The molecule has 1 fully saturated rings. The van der Waals surface area contributed by atoms with Crippen LogP contribution in [0.5, 0.6) is 5.75 Å². The number of hydrogen-bond acceptors (Lipinski definition) is 3. The highest BCUT2D eigenvalue weighted by atomic mass is 35.5. The first-order valence-corrected chi connectivity index (χ1v) is 7.27. The first kappa shape index (κ1) is 13.6. The van der Waals surface area contributed by atoms with Gasteiger partial charge in [0, 0.05) is 16.9 Å². The fraction of sp³-hybridized carbons (Fsp3) is 0.462. The molecule has 1 saturated heterocycles. The van der Waals surface area contributed by atoms with Crippen LogP contribution in [0.25, 0.3) is 0 Å². The van der Waals surface area contributed by atoms with Gasteiger partial charge in [0.15, 0.2) is 0 Å². The number of carbonyl (C=O) groups excluding carboxylic acids is 1. The predicted octanol–water partition coefficient (Wildman–Crippen LogP) is 3.06. The number of phenols is 1. The molecule has 5 heteroatoms. The molecule has 2 N–H and O–H groups in total. The van der Waals surface area contributed by atoms with Crippen LogP contribution in [0.15, 0.2) is 18.2 Å². The Bertz CT molecular complexity index is 458. The van der Waals surface area contributed by atoms with Gasteiger partial charge >= 0.3 is 0 Å².